The lowest BCUT2D eigenvalue weighted by atomic mass is 10.1. The van der Waals surface area contributed by atoms with Crippen molar-refractivity contribution in [1.82, 2.24) is 0 Å². The summed E-state index contributed by atoms with van der Waals surface area (Å²) in [6.07, 6.45) is 8.00. The molecule has 0 fully saturated rings. The smallest absolute Gasteiger partial charge is 0.0513 e. The van der Waals surface area contributed by atoms with Gasteiger partial charge in [0.2, 0.25) is 0 Å². The van der Waals surface area contributed by atoms with Crippen molar-refractivity contribution in [3.8, 4) is 0 Å². The molecule has 0 saturated carbocycles. The van der Waals surface area contributed by atoms with Crippen molar-refractivity contribution >= 4 is 27.5 Å². The van der Waals surface area contributed by atoms with Crippen molar-refractivity contribution in [3.05, 3.63) is 12.7 Å². The van der Waals surface area contributed by atoms with Gasteiger partial charge in [0.25, 0.3) is 0 Å². The molecule has 0 aliphatic carbocycles. The Morgan fingerprint density at radius 3 is 2.45 bits per heavy atom. The highest BCUT2D eigenvalue weighted by Gasteiger charge is 1.97. The summed E-state index contributed by atoms with van der Waals surface area (Å²) >= 11 is 9.25. The molecule has 1 atom stereocenters. The average Bonchev–Trinajstić information content (AvgIpc) is 2.04. The van der Waals surface area contributed by atoms with Crippen molar-refractivity contribution in [3.63, 3.8) is 0 Å². The Hall–Kier alpha value is 0.510. The van der Waals surface area contributed by atoms with Gasteiger partial charge in [-0.15, -0.1) is 18.2 Å². The minimum absolute atomic E-state index is 0.180. The van der Waals surface area contributed by atoms with Crippen molar-refractivity contribution in [2.45, 2.75) is 37.5 Å². The lowest BCUT2D eigenvalue weighted by Gasteiger charge is -2.02. The SMILES string of the molecule is C=CC(Cl)CCCCCCBr. The maximum Gasteiger partial charge on any atom is 0.0513 e. The Kier molecular flexibility index (Phi) is 9.00. The molecule has 0 rings (SSSR count). The van der Waals surface area contributed by atoms with Gasteiger partial charge in [-0.1, -0.05) is 41.3 Å². The minimum Gasteiger partial charge on any atom is -0.118 e. The summed E-state index contributed by atoms with van der Waals surface area (Å²) < 4.78 is 0. The van der Waals surface area contributed by atoms with Gasteiger partial charge < -0.3 is 0 Å². The molecule has 0 spiro atoms. The van der Waals surface area contributed by atoms with Gasteiger partial charge in [-0.3, -0.25) is 0 Å². The van der Waals surface area contributed by atoms with E-state index in [1.54, 1.807) is 0 Å². The van der Waals surface area contributed by atoms with E-state index in [-0.39, 0.29) is 5.38 Å². The zero-order valence-corrected chi connectivity index (χ0v) is 9.20. The zero-order chi connectivity index (χ0) is 8.53. The second-order valence-electron chi connectivity index (χ2n) is 2.64. The van der Waals surface area contributed by atoms with Gasteiger partial charge >= 0.3 is 0 Å². The van der Waals surface area contributed by atoms with E-state index < -0.39 is 0 Å². The van der Waals surface area contributed by atoms with Gasteiger partial charge in [-0.05, 0) is 12.8 Å². The topological polar surface area (TPSA) is 0 Å². The van der Waals surface area contributed by atoms with Crippen molar-refractivity contribution in [2.75, 3.05) is 5.33 Å². The van der Waals surface area contributed by atoms with Crippen LogP contribution in [0, 0.1) is 0 Å². The lowest BCUT2D eigenvalue weighted by Crippen LogP contribution is -1.91. The number of rotatable bonds is 7. The summed E-state index contributed by atoms with van der Waals surface area (Å²) in [5, 5.41) is 1.30. The molecule has 0 saturated heterocycles. The molecule has 0 nitrogen and oxygen atoms in total. The second-order valence-corrected chi connectivity index (χ2v) is 4.00. The van der Waals surface area contributed by atoms with Crippen molar-refractivity contribution < 1.29 is 0 Å². The summed E-state index contributed by atoms with van der Waals surface area (Å²) in [6.45, 7) is 3.64. The molecule has 0 aromatic rings. The molecule has 1 unspecified atom stereocenters. The average molecular weight is 240 g/mol. The molecule has 11 heavy (non-hydrogen) atoms. The van der Waals surface area contributed by atoms with Gasteiger partial charge in [-0.2, -0.15) is 0 Å². The molecule has 0 aliphatic rings. The van der Waals surface area contributed by atoms with Crippen LogP contribution in [-0.4, -0.2) is 10.7 Å². The van der Waals surface area contributed by atoms with Crippen LogP contribution in [0.25, 0.3) is 0 Å². The quantitative estimate of drug-likeness (QED) is 0.356. The molecular formula is C9H16BrCl. The van der Waals surface area contributed by atoms with E-state index in [1.807, 2.05) is 6.08 Å². The van der Waals surface area contributed by atoms with E-state index in [2.05, 4.69) is 22.5 Å². The van der Waals surface area contributed by atoms with E-state index in [1.165, 1.54) is 25.7 Å². The fourth-order valence-electron chi connectivity index (χ4n) is 0.905. The van der Waals surface area contributed by atoms with Crippen LogP contribution in [0.2, 0.25) is 0 Å². The van der Waals surface area contributed by atoms with Crippen LogP contribution in [0.3, 0.4) is 0 Å². The fourth-order valence-corrected chi connectivity index (χ4v) is 1.46. The number of halogens is 2. The van der Waals surface area contributed by atoms with Gasteiger partial charge in [0.1, 0.15) is 0 Å². The highest BCUT2D eigenvalue weighted by atomic mass is 79.9. The monoisotopic (exact) mass is 238 g/mol. The number of hydrogen-bond donors (Lipinski definition) is 0. The first-order valence-corrected chi connectivity index (χ1v) is 5.69. The normalized spacial score (nSPS) is 12.9. The number of allylic oxidation sites excluding steroid dienone is 1. The Morgan fingerprint density at radius 2 is 1.91 bits per heavy atom. The van der Waals surface area contributed by atoms with E-state index in [0.29, 0.717) is 0 Å². The molecule has 66 valence electrons. The van der Waals surface area contributed by atoms with E-state index in [4.69, 9.17) is 11.6 Å². The Labute approximate surface area is 83.1 Å². The Morgan fingerprint density at radius 1 is 1.27 bits per heavy atom. The third kappa shape index (κ3) is 8.42. The van der Waals surface area contributed by atoms with Gasteiger partial charge in [0.05, 0.1) is 5.38 Å². The van der Waals surface area contributed by atoms with E-state index in [9.17, 15) is 0 Å². The van der Waals surface area contributed by atoms with Crippen LogP contribution in [0.4, 0.5) is 0 Å². The predicted molar refractivity (Wildman–Crippen MR) is 56.7 cm³/mol. The summed E-state index contributed by atoms with van der Waals surface area (Å²) in [7, 11) is 0. The van der Waals surface area contributed by atoms with Crippen molar-refractivity contribution in [1.29, 1.82) is 0 Å². The first-order chi connectivity index (χ1) is 5.31. The second kappa shape index (κ2) is 8.61. The summed E-state index contributed by atoms with van der Waals surface area (Å²) in [5.41, 5.74) is 0. The molecule has 0 heterocycles. The zero-order valence-electron chi connectivity index (χ0n) is 6.86. The molecular weight excluding hydrogens is 223 g/mol. The third-order valence-corrected chi connectivity index (χ3v) is 2.58. The minimum atomic E-state index is 0.180. The van der Waals surface area contributed by atoms with E-state index in [0.717, 1.165) is 11.8 Å². The molecule has 0 bridgehead atoms. The van der Waals surface area contributed by atoms with Crippen molar-refractivity contribution in [2.24, 2.45) is 0 Å². The summed E-state index contributed by atoms with van der Waals surface area (Å²) in [4.78, 5) is 0. The number of unbranched alkanes of at least 4 members (excludes halogenated alkanes) is 3. The highest BCUT2D eigenvalue weighted by Crippen LogP contribution is 2.10. The number of hydrogen-bond acceptors (Lipinski definition) is 0. The third-order valence-electron chi connectivity index (χ3n) is 1.62. The lowest BCUT2D eigenvalue weighted by molar-refractivity contribution is 0.644. The van der Waals surface area contributed by atoms with Crippen LogP contribution in [-0.2, 0) is 0 Å². The molecule has 0 N–H and O–H groups in total. The largest absolute Gasteiger partial charge is 0.118 e. The van der Waals surface area contributed by atoms with Crippen LogP contribution in [0.5, 0.6) is 0 Å². The highest BCUT2D eigenvalue weighted by molar-refractivity contribution is 9.09. The predicted octanol–water partition coefficient (Wildman–Crippen LogP) is 4.13. The summed E-state index contributed by atoms with van der Waals surface area (Å²) in [6, 6.07) is 0. The Balaban J connectivity index is 2.95. The first-order valence-electron chi connectivity index (χ1n) is 4.14. The van der Waals surface area contributed by atoms with Gasteiger partial charge in [0.15, 0.2) is 0 Å². The standard InChI is InChI=1S/C9H16BrCl/c1-2-9(11)7-5-3-4-6-8-10/h2,9H,1,3-8H2. The van der Waals surface area contributed by atoms with Crippen LogP contribution < -0.4 is 0 Å². The van der Waals surface area contributed by atoms with E-state index >= 15 is 0 Å². The van der Waals surface area contributed by atoms with Gasteiger partial charge in [-0.25, -0.2) is 0 Å². The maximum atomic E-state index is 5.85. The molecule has 0 amide bonds. The molecule has 2 heteroatoms. The molecule has 0 radical (unpaired) electrons. The fraction of sp³-hybridized carbons (Fsp3) is 0.778. The Bertz CT molecular complexity index is 93.6. The molecule has 0 aromatic heterocycles. The van der Waals surface area contributed by atoms with Gasteiger partial charge in [0, 0.05) is 5.33 Å². The van der Waals surface area contributed by atoms with Crippen LogP contribution >= 0.6 is 27.5 Å². The first kappa shape index (κ1) is 11.5. The molecule has 0 aliphatic heterocycles. The van der Waals surface area contributed by atoms with Crippen LogP contribution in [0.1, 0.15) is 32.1 Å². The number of alkyl halides is 2. The molecule has 0 aromatic carbocycles. The van der Waals surface area contributed by atoms with Crippen LogP contribution in [0.15, 0.2) is 12.7 Å². The maximum absolute atomic E-state index is 5.85. The summed E-state index contributed by atoms with van der Waals surface area (Å²) in [5.74, 6) is 0.